The summed E-state index contributed by atoms with van der Waals surface area (Å²) >= 11 is 5.89. The molecule has 0 spiro atoms. The number of hydrogen-bond acceptors (Lipinski definition) is 3. The van der Waals surface area contributed by atoms with Crippen molar-refractivity contribution in [3.05, 3.63) is 28.8 Å². The second kappa shape index (κ2) is 9.46. The Morgan fingerprint density at radius 2 is 2.14 bits per heavy atom. The van der Waals surface area contributed by atoms with E-state index in [1.165, 1.54) is 0 Å². The van der Waals surface area contributed by atoms with Crippen molar-refractivity contribution in [3.63, 3.8) is 0 Å². The highest BCUT2D eigenvalue weighted by atomic mass is 35.5. The molecule has 0 aliphatic heterocycles. The highest BCUT2D eigenvalue weighted by Crippen LogP contribution is 2.21. The van der Waals surface area contributed by atoms with Crippen LogP contribution < -0.4 is 10.2 Å². The minimum absolute atomic E-state index is 0.0838. The van der Waals surface area contributed by atoms with Gasteiger partial charge in [0.2, 0.25) is 5.91 Å². The van der Waals surface area contributed by atoms with Crippen molar-refractivity contribution >= 4 is 23.2 Å². The van der Waals surface area contributed by atoms with Gasteiger partial charge in [0.25, 0.3) is 0 Å². The number of hydrazone groups is 1. The summed E-state index contributed by atoms with van der Waals surface area (Å²) in [7, 11) is 0. The third-order valence-electron chi connectivity index (χ3n) is 3.02. The Labute approximate surface area is 137 Å². The number of hydrogen-bond donors (Lipinski definition) is 1. The van der Waals surface area contributed by atoms with Crippen LogP contribution in [0.5, 0.6) is 5.75 Å². The van der Waals surface area contributed by atoms with E-state index in [0.29, 0.717) is 30.4 Å². The van der Waals surface area contributed by atoms with Crippen LogP contribution in [0.15, 0.2) is 23.3 Å². The molecule has 0 aromatic heterocycles. The van der Waals surface area contributed by atoms with E-state index in [4.69, 9.17) is 16.3 Å². The van der Waals surface area contributed by atoms with Gasteiger partial charge in [-0.15, -0.1) is 0 Å². The first-order valence-electron chi connectivity index (χ1n) is 7.59. The number of aryl methyl sites for hydroxylation is 1. The molecular formula is C17H25ClN2O2. The lowest BCUT2D eigenvalue weighted by Gasteiger charge is -2.09. The van der Waals surface area contributed by atoms with Crippen molar-refractivity contribution < 1.29 is 9.53 Å². The van der Waals surface area contributed by atoms with Gasteiger partial charge in [0, 0.05) is 17.2 Å². The molecule has 1 aromatic carbocycles. The van der Waals surface area contributed by atoms with Gasteiger partial charge in [0.1, 0.15) is 5.75 Å². The predicted molar refractivity (Wildman–Crippen MR) is 91.6 cm³/mol. The van der Waals surface area contributed by atoms with Crippen molar-refractivity contribution in [2.24, 2.45) is 11.0 Å². The van der Waals surface area contributed by atoms with Crippen LogP contribution in [0.1, 0.15) is 45.6 Å². The normalized spacial score (nSPS) is 11.6. The number of amides is 1. The van der Waals surface area contributed by atoms with E-state index >= 15 is 0 Å². The molecular weight excluding hydrogens is 300 g/mol. The lowest BCUT2D eigenvalue weighted by Crippen LogP contribution is -2.19. The minimum atomic E-state index is -0.0838. The van der Waals surface area contributed by atoms with E-state index < -0.39 is 0 Å². The summed E-state index contributed by atoms with van der Waals surface area (Å²) in [4.78, 5) is 11.7. The third-order valence-corrected chi connectivity index (χ3v) is 3.25. The van der Waals surface area contributed by atoms with Crippen LogP contribution >= 0.6 is 11.6 Å². The molecule has 0 saturated carbocycles. The third kappa shape index (κ3) is 7.46. The first-order valence-corrected chi connectivity index (χ1v) is 7.97. The fraction of sp³-hybridized carbons (Fsp3) is 0.529. The topological polar surface area (TPSA) is 50.7 Å². The fourth-order valence-electron chi connectivity index (χ4n) is 2.04. The zero-order valence-corrected chi connectivity index (χ0v) is 14.5. The summed E-state index contributed by atoms with van der Waals surface area (Å²) in [5.74, 6) is 1.26. The maximum Gasteiger partial charge on any atom is 0.240 e. The molecule has 0 atom stereocenters. The first-order chi connectivity index (χ1) is 10.4. The van der Waals surface area contributed by atoms with Crippen molar-refractivity contribution in [3.8, 4) is 5.75 Å². The first kappa shape index (κ1) is 18.5. The lowest BCUT2D eigenvalue weighted by molar-refractivity contribution is -0.121. The molecule has 0 unspecified atom stereocenters. The van der Waals surface area contributed by atoms with E-state index in [0.717, 1.165) is 23.4 Å². The molecule has 0 aliphatic rings. The van der Waals surface area contributed by atoms with Crippen molar-refractivity contribution in [2.45, 2.75) is 47.0 Å². The van der Waals surface area contributed by atoms with Gasteiger partial charge < -0.3 is 4.74 Å². The number of rotatable bonds is 8. The Morgan fingerprint density at radius 3 is 2.77 bits per heavy atom. The van der Waals surface area contributed by atoms with Gasteiger partial charge in [-0.05, 0) is 56.4 Å². The number of carbonyl (C=O) groups excluding carboxylic acids is 1. The monoisotopic (exact) mass is 324 g/mol. The van der Waals surface area contributed by atoms with Crippen molar-refractivity contribution in [1.82, 2.24) is 5.43 Å². The van der Waals surface area contributed by atoms with Gasteiger partial charge in [-0.2, -0.15) is 5.10 Å². The van der Waals surface area contributed by atoms with Crippen molar-refractivity contribution in [1.29, 1.82) is 0 Å². The number of halogens is 1. The molecule has 1 rings (SSSR count). The Balaban J connectivity index is 2.25. The maximum atomic E-state index is 11.7. The highest BCUT2D eigenvalue weighted by Gasteiger charge is 2.04. The lowest BCUT2D eigenvalue weighted by atomic mass is 10.1. The van der Waals surface area contributed by atoms with Crippen LogP contribution in [0.2, 0.25) is 5.02 Å². The van der Waals surface area contributed by atoms with Crippen LogP contribution in [0, 0.1) is 12.8 Å². The largest absolute Gasteiger partial charge is 0.493 e. The summed E-state index contributed by atoms with van der Waals surface area (Å²) in [6.07, 6.45) is 1.93. The number of ether oxygens (including phenoxy) is 1. The molecule has 1 N–H and O–H groups in total. The number of nitrogens with one attached hydrogen (secondary N) is 1. The predicted octanol–water partition coefficient (Wildman–Crippen LogP) is 4.35. The Kier molecular flexibility index (Phi) is 7.96. The molecule has 122 valence electrons. The molecule has 0 heterocycles. The number of carbonyl (C=O) groups is 1. The maximum absolute atomic E-state index is 11.7. The van der Waals surface area contributed by atoms with E-state index in [1.54, 1.807) is 6.07 Å². The molecule has 1 aromatic rings. The Hall–Kier alpha value is -1.55. The van der Waals surface area contributed by atoms with Gasteiger partial charge >= 0.3 is 0 Å². The van der Waals surface area contributed by atoms with Crippen molar-refractivity contribution in [2.75, 3.05) is 6.61 Å². The van der Waals surface area contributed by atoms with Gasteiger partial charge in [-0.25, -0.2) is 5.43 Å². The quantitative estimate of drug-likeness (QED) is 0.439. The van der Waals surface area contributed by atoms with Gasteiger partial charge in [-0.3, -0.25) is 4.79 Å². The average Bonchev–Trinajstić information content (AvgIpc) is 2.42. The van der Waals surface area contributed by atoms with Crippen LogP contribution in [-0.4, -0.2) is 18.2 Å². The summed E-state index contributed by atoms with van der Waals surface area (Å²) in [5.41, 5.74) is 4.51. The SMILES string of the molecule is C/C(CC(C)C)=N\NC(=O)CCCOc1ccc(Cl)cc1C. The second-order valence-corrected chi connectivity index (χ2v) is 6.28. The van der Waals surface area contributed by atoms with Gasteiger partial charge in [-0.1, -0.05) is 25.4 Å². The molecule has 5 heteroatoms. The van der Waals surface area contributed by atoms with Crippen LogP contribution in [0.4, 0.5) is 0 Å². The smallest absolute Gasteiger partial charge is 0.240 e. The number of nitrogens with zero attached hydrogens (tertiary/aromatic N) is 1. The molecule has 4 nitrogen and oxygen atoms in total. The van der Waals surface area contributed by atoms with Crippen LogP contribution in [0.3, 0.4) is 0 Å². The molecule has 0 aliphatic carbocycles. The van der Waals surface area contributed by atoms with E-state index in [9.17, 15) is 4.79 Å². The highest BCUT2D eigenvalue weighted by molar-refractivity contribution is 6.30. The number of benzene rings is 1. The summed E-state index contributed by atoms with van der Waals surface area (Å²) in [5, 5.41) is 4.78. The second-order valence-electron chi connectivity index (χ2n) is 5.84. The Bertz CT molecular complexity index is 527. The minimum Gasteiger partial charge on any atom is -0.493 e. The molecule has 0 radical (unpaired) electrons. The van der Waals surface area contributed by atoms with E-state index in [-0.39, 0.29) is 5.91 Å². The van der Waals surface area contributed by atoms with Crippen LogP contribution in [0.25, 0.3) is 0 Å². The van der Waals surface area contributed by atoms with Crippen LogP contribution in [-0.2, 0) is 4.79 Å². The summed E-state index contributed by atoms with van der Waals surface area (Å²) in [6, 6.07) is 5.50. The zero-order valence-electron chi connectivity index (χ0n) is 13.8. The van der Waals surface area contributed by atoms with Gasteiger partial charge in [0.05, 0.1) is 6.61 Å². The Morgan fingerprint density at radius 1 is 1.41 bits per heavy atom. The molecule has 22 heavy (non-hydrogen) atoms. The van der Waals surface area contributed by atoms with Gasteiger partial charge in [0.15, 0.2) is 0 Å². The van der Waals surface area contributed by atoms with E-state index in [1.807, 2.05) is 26.0 Å². The molecule has 0 saturated heterocycles. The fourth-order valence-corrected chi connectivity index (χ4v) is 2.27. The summed E-state index contributed by atoms with van der Waals surface area (Å²) in [6.45, 7) is 8.60. The molecule has 0 bridgehead atoms. The standard InChI is InChI=1S/C17H25ClN2O2/c1-12(2)10-14(4)19-20-17(21)6-5-9-22-16-8-7-15(18)11-13(16)3/h7-8,11-12H,5-6,9-10H2,1-4H3,(H,20,21)/b19-14+. The zero-order chi connectivity index (χ0) is 16.5. The average molecular weight is 325 g/mol. The molecule has 0 fully saturated rings. The summed E-state index contributed by atoms with van der Waals surface area (Å²) < 4.78 is 5.65. The molecule has 1 amide bonds. The van der Waals surface area contributed by atoms with E-state index in [2.05, 4.69) is 24.4 Å².